The minimum Gasteiger partial charge on any atom is -0.322 e. The Morgan fingerprint density at radius 3 is 2.48 bits per heavy atom. The number of nitrogens with two attached hydrogens (primary N) is 1. The summed E-state index contributed by atoms with van der Waals surface area (Å²) in [6.45, 7) is 0. The third kappa shape index (κ3) is 3.35. The summed E-state index contributed by atoms with van der Waals surface area (Å²) in [5.74, 6) is -0.442. The van der Waals surface area contributed by atoms with Crippen molar-refractivity contribution in [3.05, 3.63) is 82.4 Å². The first-order valence-electron chi connectivity index (χ1n) is 8.18. The third-order valence-corrected chi connectivity index (χ3v) is 5.95. The molecule has 1 amide bonds. The van der Waals surface area contributed by atoms with Gasteiger partial charge in [0.15, 0.2) is 0 Å². The Labute approximate surface area is 161 Å². The van der Waals surface area contributed by atoms with Gasteiger partial charge in [-0.05, 0) is 59.0 Å². The van der Waals surface area contributed by atoms with Crippen molar-refractivity contribution < 1.29 is 13.2 Å². The normalized spacial score (nSPS) is 12.4. The number of amides is 1. The van der Waals surface area contributed by atoms with E-state index < -0.39 is 15.9 Å². The van der Waals surface area contributed by atoms with E-state index in [2.05, 4.69) is 17.4 Å². The van der Waals surface area contributed by atoms with Gasteiger partial charge in [-0.15, -0.1) is 0 Å². The van der Waals surface area contributed by atoms with Crippen molar-refractivity contribution in [2.24, 2.45) is 5.14 Å². The zero-order chi connectivity index (χ0) is 19.2. The summed E-state index contributed by atoms with van der Waals surface area (Å²) in [6.07, 6.45) is 0.870. The van der Waals surface area contributed by atoms with Crippen molar-refractivity contribution >= 4 is 33.2 Å². The van der Waals surface area contributed by atoms with E-state index in [4.69, 9.17) is 16.7 Å². The molecule has 0 saturated carbocycles. The van der Waals surface area contributed by atoms with E-state index in [0.717, 1.165) is 17.5 Å². The number of rotatable bonds is 3. The van der Waals surface area contributed by atoms with Crippen LogP contribution in [0.4, 0.5) is 5.69 Å². The Hall–Kier alpha value is -2.67. The first-order valence-corrected chi connectivity index (χ1v) is 10.1. The minimum absolute atomic E-state index is 0.0248. The van der Waals surface area contributed by atoms with E-state index in [1.807, 2.05) is 30.3 Å². The van der Waals surface area contributed by atoms with E-state index in [0.29, 0.717) is 5.69 Å². The molecule has 0 radical (unpaired) electrons. The maximum Gasteiger partial charge on any atom is 0.255 e. The lowest BCUT2D eigenvalue weighted by molar-refractivity contribution is 0.102. The van der Waals surface area contributed by atoms with Crippen LogP contribution in [0.15, 0.2) is 65.6 Å². The highest BCUT2D eigenvalue weighted by atomic mass is 35.5. The largest absolute Gasteiger partial charge is 0.322 e. The fraction of sp³-hybridized carbons (Fsp3) is 0.0500. The number of carbonyl (C=O) groups excluding carboxylic acids is 1. The molecule has 0 saturated heterocycles. The van der Waals surface area contributed by atoms with Gasteiger partial charge >= 0.3 is 0 Å². The number of fused-ring (bicyclic) bond motifs is 3. The molecule has 0 unspecified atom stereocenters. The number of benzene rings is 3. The lowest BCUT2D eigenvalue weighted by Gasteiger charge is -2.09. The number of hydrogen-bond acceptors (Lipinski definition) is 3. The number of primary sulfonamides is 1. The topological polar surface area (TPSA) is 89.3 Å². The Kier molecular flexibility index (Phi) is 4.26. The molecule has 0 aromatic heterocycles. The van der Waals surface area contributed by atoms with E-state index in [1.54, 1.807) is 0 Å². The number of carbonyl (C=O) groups is 1. The van der Waals surface area contributed by atoms with Crippen molar-refractivity contribution in [3.63, 3.8) is 0 Å². The van der Waals surface area contributed by atoms with Crippen molar-refractivity contribution in [1.82, 2.24) is 0 Å². The Morgan fingerprint density at radius 1 is 0.963 bits per heavy atom. The highest BCUT2D eigenvalue weighted by molar-refractivity contribution is 7.89. The molecular weight excluding hydrogens is 384 g/mol. The summed E-state index contributed by atoms with van der Waals surface area (Å²) < 4.78 is 23.2. The van der Waals surface area contributed by atoms with Crippen LogP contribution in [0.3, 0.4) is 0 Å². The van der Waals surface area contributed by atoms with Crippen molar-refractivity contribution in [1.29, 1.82) is 0 Å². The monoisotopic (exact) mass is 398 g/mol. The van der Waals surface area contributed by atoms with Gasteiger partial charge in [0.2, 0.25) is 10.0 Å². The molecule has 0 spiro atoms. The number of sulfonamides is 1. The van der Waals surface area contributed by atoms with Crippen LogP contribution in [-0.2, 0) is 16.4 Å². The summed E-state index contributed by atoms with van der Waals surface area (Å²) in [4.78, 5) is 12.3. The Bertz CT molecular complexity index is 1190. The molecule has 27 heavy (non-hydrogen) atoms. The fourth-order valence-electron chi connectivity index (χ4n) is 3.27. The van der Waals surface area contributed by atoms with Gasteiger partial charge in [0, 0.05) is 11.3 Å². The molecule has 4 rings (SSSR count). The van der Waals surface area contributed by atoms with Gasteiger partial charge < -0.3 is 5.32 Å². The van der Waals surface area contributed by atoms with Gasteiger partial charge in [-0.25, -0.2) is 13.6 Å². The molecule has 3 aromatic carbocycles. The van der Waals surface area contributed by atoms with Gasteiger partial charge in [-0.2, -0.15) is 0 Å². The second kappa shape index (κ2) is 6.49. The molecule has 7 heteroatoms. The van der Waals surface area contributed by atoms with Crippen LogP contribution in [0, 0.1) is 0 Å². The van der Waals surface area contributed by atoms with Gasteiger partial charge in [-0.1, -0.05) is 41.9 Å². The van der Waals surface area contributed by atoms with Gasteiger partial charge in [0.25, 0.3) is 5.91 Å². The molecule has 136 valence electrons. The van der Waals surface area contributed by atoms with Crippen molar-refractivity contribution in [3.8, 4) is 11.1 Å². The van der Waals surface area contributed by atoms with Crippen molar-refractivity contribution in [2.45, 2.75) is 11.3 Å². The lowest BCUT2D eigenvalue weighted by Crippen LogP contribution is -2.16. The molecule has 0 bridgehead atoms. The van der Waals surface area contributed by atoms with Crippen LogP contribution in [0.1, 0.15) is 21.5 Å². The van der Waals surface area contributed by atoms with Crippen LogP contribution in [-0.4, -0.2) is 14.3 Å². The number of anilines is 1. The number of nitrogens with one attached hydrogen (secondary N) is 1. The molecule has 0 aliphatic heterocycles. The molecule has 0 heterocycles. The SMILES string of the molecule is NS(=O)(=O)c1cc(C(=O)Nc2ccc3c(c2)-c2ccccc2C3)ccc1Cl. The number of halogens is 1. The maximum absolute atomic E-state index is 12.6. The van der Waals surface area contributed by atoms with Crippen LogP contribution in [0.25, 0.3) is 11.1 Å². The molecule has 5 nitrogen and oxygen atoms in total. The predicted molar refractivity (Wildman–Crippen MR) is 105 cm³/mol. The average Bonchev–Trinajstić information content (AvgIpc) is 2.99. The highest BCUT2D eigenvalue weighted by Crippen LogP contribution is 2.37. The summed E-state index contributed by atoms with van der Waals surface area (Å²) in [6, 6.07) is 17.9. The summed E-state index contributed by atoms with van der Waals surface area (Å²) >= 11 is 5.87. The third-order valence-electron chi connectivity index (χ3n) is 4.56. The molecule has 3 N–H and O–H groups in total. The standard InChI is InChI=1S/C20H15ClN2O3S/c21-18-8-6-14(10-19(18)27(22,25)26)20(24)23-15-7-5-13-9-12-3-1-2-4-16(12)17(13)11-15/h1-8,10-11H,9H2,(H,23,24)(H2,22,25,26). The molecule has 1 aliphatic rings. The summed E-state index contributed by atoms with van der Waals surface area (Å²) in [5, 5.41) is 7.92. The quantitative estimate of drug-likeness (QED) is 0.549. The molecule has 3 aromatic rings. The first kappa shape index (κ1) is 17.7. The molecule has 1 aliphatic carbocycles. The summed E-state index contributed by atoms with van der Waals surface area (Å²) in [7, 11) is -4.02. The van der Waals surface area contributed by atoms with Crippen LogP contribution < -0.4 is 10.5 Å². The van der Waals surface area contributed by atoms with E-state index in [1.165, 1.54) is 29.3 Å². The zero-order valence-electron chi connectivity index (χ0n) is 14.1. The second-order valence-corrected chi connectivity index (χ2v) is 8.29. The van der Waals surface area contributed by atoms with Crippen LogP contribution in [0.2, 0.25) is 5.02 Å². The highest BCUT2D eigenvalue weighted by Gasteiger charge is 2.19. The predicted octanol–water partition coefficient (Wildman–Crippen LogP) is 3.81. The van der Waals surface area contributed by atoms with Crippen LogP contribution in [0.5, 0.6) is 0 Å². The van der Waals surface area contributed by atoms with E-state index in [-0.39, 0.29) is 15.5 Å². The average molecular weight is 399 g/mol. The smallest absolute Gasteiger partial charge is 0.255 e. The van der Waals surface area contributed by atoms with Gasteiger partial charge in [-0.3, -0.25) is 4.79 Å². The Morgan fingerprint density at radius 2 is 1.70 bits per heavy atom. The number of hydrogen-bond donors (Lipinski definition) is 2. The molecular formula is C20H15ClN2O3S. The molecule has 0 fully saturated rings. The zero-order valence-corrected chi connectivity index (χ0v) is 15.6. The fourth-order valence-corrected chi connectivity index (χ4v) is 4.34. The van der Waals surface area contributed by atoms with E-state index in [9.17, 15) is 13.2 Å². The van der Waals surface area contributed by atoms with Crippen LogP contribution >= 0.6 is 11.6 Å². The summed E-state index contributed by atoms with van der Waals surface area (Å²) in [5.41, 5.74) is 5.49. The second-order valence-electron chi connectivity index (χ2n) is 6.35. The van der Waals surface area contributed by atoms with Crippen molar-refractivity contribution in [2.75, 3.05) is 5.32 Å². The lowest BCUT2D eigenvalue weighted by atomic mass is 10.1. The van der Waals surface area contributed by atoms with E-state index >= 15 is 0 Å². The molecule has 0 atom stereocenters. The minimum atomic E-state index is -4.02. The van der Waals surface area contributed by atoms with Gasteiger partial charge in [0.1, 0.15) is 4.90 Å². The maximum atomic E-state index is 12.6. The first-order chi connectivity index (χ1) is 12.8. The Balaban J connectivity index is 1.64. The van der Waals surface area contributed by atoms with Gasteiger partial charge in [0.05, 0.1) is 5.02 Å².